The molecule has 0 saturated carbocycles. The molecule has 0 radical (unpaired) electrons. The second-order valence-corrected chi connectivity index (χ2v) is 3.79. The van der Waals surface area contributed by atoms with E-state index in [9.17, 15) is 14.7 Å². The fourth-order valence-electron chi connectivity index (χ4n) is 1.39. The first kappa shape index (κ1) is 14.0. The Bertz CT molecular complexity index is 458. The van der Waals surface area contributed by atoms with Crippen molar-refractivity contribution in [2.24, 2.45) is 0 Å². The monoisotopic (exact) mass is 253 g/mol. The smallest absolute Gasteiger partial charge is 0.334 e. The van der Waals surface area contributed by atoms with Gasteiger partial charge in [-0.1, -0.05) is 6.07 Å². The van der Waals surface area contributed by atoms with Crippen molar-refractivity contribution in [3.05, 3.63) is 29.3 Å². The summed E-state index contributed by atoms with van der Waals surface area (Å²) in [5.74, 6) is -1.85. The number of carboxylic acids is 1. The maximum Gasteiger partial charge on any atom is 0.334 e. The van der Waals surface area contributed by atoms with E-state index in [0.29, 0.717) is 0 Å². The van der Waals surface area contributed by atoms with Gasteiger partial charge in [0, 0.05) is 7.11 Å². The van der Waals surface area contributed by atoms with Crippen molar-refractivity contribution < 1.29 is 24.5 Å². The van der Waals surface area contributed by atoms with E-state index in [-0.39, 0.29) is 17.9 Å². The lowest BCUT2D eigenvalue weighted by atomic mass is 10.1. The number of aromatic hydroxyl groups is 1. The SMILES string of the molecule is COC(CNC(=O)c1ccc(C)cc1O)C(=O)O. The van der Waals surface area contributed by atoms with Gasteiger partial charge in [-0.3, -0.25) is 4.79 Å². The Labute approximate surface area is 104 Å². The number of phenolic OH excluding ortho intramolecular Hbond substituents is 1. The number of hydrogen-bond donors (Lipinski definition) is 3. The zero-order valence-corrected chi connectivity index (χ0v) is 10.1. The van der Waals surface area contributed by atoms with E-state index in [4.69, 9.17) is 5.11 Å². The summed E-state index contributed by atoms with van der Waals surface area (Å²) in [4.78, 5) is 22.4. The summed E-state index contributed by atoms with van der Waals surface area (Å²) in [5, 5.41) is 20.7. The zero-order valence-electron chi connectivity index (χ0n) is 10.1. The van der Waals surface area contributed by atoms with Gasteiger partial charge < -0.3 is 20.3 Å². The highest BCUT2D eigenvalue weighted by Crippen LogP contribution is 2.17. The fourth-order valence-corrected chi connectivity index (χ4v) is 1.39. The topological polar surface area (TPSA) is 95.9 Å². The normalized spacial score (nSPS) is 11.9. The van der Waals surface area contributed by atoms with Gasteiger partial charge in [-0.25, -0.2) is 4.79 Å². The molecule has 0 heterocycles. The van der Waals surface area contributed by atoms with E-state index >= 15 is 0 Å². The Balaban J connectivity index is 2.68. The number of rotatable bonds is 5. The molecule has 0 aliphatic rings. The molecule has 0 aliphatic heterocycles. The maximum atomic E-state index is 11.7. The lowest BCUT2D eigenvalue weighted by Gasteiger charge is -2.12. The van der Waals surface area contributed by atoms with Gasteiger partial charge >= 0.3 is 5.97 Å². The lowest BCUT2D eigenvalue weighted by molar-refractivity contribution is -0.148. The Morgan fingerprint density at radius 3 is 2.61 bits per heavy atom. The van der Waals surface area contributed by atoms with Crippen LogP contribution in [0, 0.1) is 6.92 Å². The van der Waals surface area contributed by atoms with Crippen molar-refractivity contribution >= 4 is 11.9 Å². The molecule has 0 fully saturated rings. The Hall–Kier alpha value is -2.08. The van der Waals surface area contributed by atoms with Crippen LogP contribution in [0.15, 0.2) is 18.2 Å². The van der Waals surface area contributed by atoms with Crippen LogP contribution >= 0.6 is 0 Å². The zero-order chi connectivity index (χ0) is 13.7. The first-order valence-electron chi connectivity index (χ1n) is 5.29. The average molecular weight is 253 g/mol. The molecule has 18 heavy (non-hydrogen) atoms. The molecule has 0 bridgehead atoms. The number of methoxy groups -OCH3 is 1. The fraction of sp³-hybridized carbons (Fsp3) is 0.333. The summed E-state index contributed by atoms with van der Waals surface area (Å²) in [5.41, 5.74) is 0.921. The van der Waals surface area contributed by atoms with Crippen molar-refractivity contribution in [2.45, 2.75) is 13.0 Å². The highest BCUT2D eigenvalue weighted by molar-refractivity contribution is 5.97. The van der Waals surface area contributed by atoms with Crippen molar-refractivity contribution in [2.75, 3.05) is 13.7 Å². The molecule has 0 spiro atoms. The van der Waals surface area contributed by atoms with Crippen LogP contribution in [0.25, 0.3) is 0 Å². The van der Waals surface area contributed by atoms with Gasteiger partial charge in [-0.2, -0.15) is 0 Å². The van der Waals surface area contributed by atoms with Gasteiger partial charge in [0.15, 0.2) is 6.10 Å². The standard InChI is InChI=1S/C12H15NO5/c1-7-3-4-8(9(14)5-7)11(15)13-6-10(18-2)12(16)17/h3-5,10,14H,6H2,1-2H3,(H,13,15)(H,16,17). The summed E-state index contributed by atoms with van der Waals surface area (Å²) < 4.78 is 4.67. The van der Waals surface area contributed by atoms with E-state index in [1.807, 2.05) is 0 Å². The maximum absolute atomic E-state index is 11.7. The number of amides is 1. The highest BCUT2D eigenvalue weighted by Gasteiger charge is 2.18. The van der Waals surface area contributed by atoms with E-state index in [0.717, 1.165) is 5.56 Å². The van der Waals surface area contributed by atoms with Crippen LogP contribution in [0.1, 0.15) is 15.9 Å². The summed E-state index contributed by atoms with van der Waals surface area (Å²) >= 11 is 0. The van der Waals surface area contributed by atoms with Crippen LogP contribution in [0.2, 0.25) is 0 Å². The molecule has 1 aromatic rings. The van der Waals surface area contributed by atoms with E-state index in [1.165, 1.54) is 19.2 Å². The molecule has 1 atom stereocenters. The van der Waals surface area contributed by atoms with Crippen LogP contribution < -0.4 is 5.32 Å². The first-order valence-corrected chi connectivity index (χ1v) is 5.29. The summed E-state index contributed by atoms with van der Waals surface area (Å²) in [7, 11) is 1.24. The van der Waals surface area contributed by atoms with Gasteiger partial charge in [-0.05, 0) is 24.6 Å². The Kier molecular flexibility index (Phi) is 4.67. The van der Waals surface area contributed by atoms with Crippen molar-refractivity contribution in [1.29, 1.82) is 0 Å². The number of aryl methyl sites for hydroxylation is 1. The Morgan fingerprint density at radius 1 is 1.44 bits per heavy atom. The van der Waals surface area contributed by atoms with Crippen molar-refractivity contribution in [3.8, 4) is 5.75 Å². The quantitative estimate of drug-likeness (QED) is 0.711. The molecular weight excluding hydrogens is 238 g/mol. The van der Waals surface area contributed by atoms with Crippen LogP contribution in [0.5, 0.6) is 5.75 Å². The van der Waals surface area contributed by atoms with Gasteiger partial charge in [0.25, 0.3) is 5.91 Å². The minimum absolute atomic E-state index is 0.0980. The number of hydrogen-bond acceptors (Lipinski definition) is 4. The third-order valence-corrected chi connectivity index (χ3v) is 2.41. The second-order valence-electron chi connectivity index (χ2n) is 3.79. The molecular formula is C12H15NO5. The van der Waals surface area contributed by atoms with E-state index in [2.05, 4.69) is 10.1 Å². The number of aliphatic carboxylic acids is 1. The van der Waals surface area contributed by atoms with E-state index < -0.39 is 18.0 Å². The van der Waals surface area contributed by atoms with Crippen molar-refractivity contribution in [3.63, 3.8) is 0 Å². The molecule has 1 aromatic carbocycles. The molecule has 1 rings (SSSR count). The number of carbonyl (C=O) groups excluding carboxylic acids is 1. The van der Waals surface area contributed by atoms with Crippen molar-refractivity contribution in [1.82, 2.24) is 5.32 Å². The predicted molar refractivity (Wildman–Crippen MR) is 63.6 cm³/mol. The molecule has 1 unspecified atom stereocenters. The summed E-state index contributed by atoms with van der Waals surface area (Å²) in [6.45, 7) is 1.62. The number of nitrogens with one attached hydrogen (secondary N) is 1. The number of benzene rings is 1. The molecule has 1 amide bonds. The number of ether oxygens (including phenoxy) is 1. The molecule has 3 N–H and O–H groups in total. The van der Waals surface area contributed by atoms with Crippen LogP contribution in [-0.2, 0) is 9.53 Å². The predicted octanol–water partition coefficient (Wildman–Crippen LogP) is 0.530. The summed E-state index contributed by atoms with van der Waals surface area (Å²) in [6.07, 6.45) is -1.11. The number of carbonyl (C=O) groups is 2. The van der Waals surface area contributed by atoms with Gasteiger partial charge in [0.1, 0.15) is 5.75 Å². The minimum atomic E-state index is -1.16. The number of phenols is 1. The van der Waals surface area contributed by atoms with Crippen LogP contribution in [-0.4, -0.2) is 41.8 Å². The van der Waals surface area contributed by atoms with E-state index in [1.54, 1.807) is 13.0 Å². The minimum Gasteiger partial charge on any atom is -0.507 e. The molecule has 6 nitrogen and oxygen atoms in total. The van der Waals surface area contributed by atoms with Crippen LogP contribution in [0.4, 0.5) is 0 Å². The molecule has 6 heteroatoms. The van der Waals surface area contributed by atoms with Gasteiger partial charge in [-0.15, -0.1) is 0 Å². The first-order chi connectivity index (χ1) is 8.45. The molecule has 98 valence electrons. The molecule has 0 aliphatic carbocycles. The molecule has 0 saturated heterocycles. The molecule has 0 aromatic heterocycles. The largest absolute Gasteiger partial charge is 0.507 e. The third-order valence-electron chi connectivity index (χ3n) is 2.41. The number of carboxylic acid groups (broad SMARTS) is 1. The highest BCUT2D eigenvalue weighted by atomic mass is 16.5. The lowest BCUT2D eigenvalue weighted by Crippen LogP contribution is -2.37. The Morgan fingerprint density at radius 2 is 2.11 bits per heavy atom. The van der Waals surface area contributed by atoms with Gasteiger partial charge in [0.05, 0.1) is 12.1 Å². The third kappa shape index (κ3) is 3.46. The van der Waals surface area contributed by atoms with Gasteiger partial charge in [0.2, 0.25) is 0 Å². The summed E-state index contributed by atoms with van der Waals surface area (Å²) in [6, 6.07) is 4.61. The second kappa shape index (κ2) is 6.02. The average Bonchev–Trinajstić information content (AvgIpc) is 2.28. The van der Waals surface area contributed by atoms with Crippen LogP contribution in [0.3, 0.4) is 0 Å².